The number of nitrogens with two attached hydrogens (primary N) is 1. The summed E-state index contributed by atoms with van der Waals surface area (Å²) in [5, 5.41) is 3.67. The minimum Gasteiger partial charge on any atom is -0.378 e. The van der Waals surface area contributed by atoms with Gasteiger partial charge in [0.1, 0.15) is 0 Å². The molecule has 0 aromatic heterocycles. The van der Waals surface area contributed by atoms with Gasteiger partial charge in [0.2, 0.25) is 0 Å². The van der Waals surface area contributed by atoms with Gasteiger partial charge in [-0.3, -0.25) is 0 Å². The van der Waals surface area contributed by atoms with E-state index in [0.29, 0.717) is 12.6 Å². The van der Waals surface area contributed by atoms with Gasteiger partial charge in [-0.1, -0.05) is 25.5 Å². The van der Waals surface area contributed by atoms with Crippen LogP contribution in [0.15, 0.2) is 24.3 Å². The Morgan fingerprint density at radius 2 is 2.32 bits per heavy atom. The van der Waals surface area contributed by atoms with E-state index in [0.717, 1.165) is 32.3 Å². The second-order valence-electron chi connectivity index (χ2n) is 5.71. The molecule has 1 aliphatic heterocycles. The molecular weight excluding hydrogens is 236 g/mol. The summed E-state index contributed by atoms with van der Waals surface area (Å²) in [6.07, 6.45) is 4.62. The molecule has 0 amide bonds. The molecule has 0 spiro atoms. The molecule has 0 bridgehead atoms. The number of anilines is 1. The second-order valence-corrected chi connectivity index (χ2v) is 5.71. The lowest BCUT2D eigenvalue weighted by atomic mass is 9.85. The first-order chi connectivity index (χ1) is 9.17. The van der Waals surface area contributed by atoms with Crippen LogP contribution in [0.25, 0.3) is 0 Å². The predicted octanol–water partition coefficient (Wildman–Crippen LogP) is 3.08. The first-order valence-electron chi connectivity index (χ1n) is 7.34. The van der Waals surface area contributed by atoms with Crippen molar-refractivity contribution in [3.8, 4) is 0 Å². The Labute approximate surface area is 116 Å². The highest BCUT2D eigenvalue weighted by atomic mass is 16.5. The normalized spacial score (nSPS) is 27.2. The Hall–Kier alpha value is -1.06. The predicted molar refractivity (Wildman–Crippen MR) is 80.5 cm³/mol. The van der Waals surface area contributed by atoms with E-state index in [1.807, 2.05) is 0 Å². The molecule has 1 heterocycles. The van der Waals surface area contributed by atoms with E-state index in [9.17, 15) is 0 Å². The van der Waals surface area contributed by atoms with Gasteiger partial charge >= 0.3 is 0 Å². The van der Waals surface area contributed by atoms with Gasteiger partial charge in [0.25, 0.3) is 0 Å². The van der Waals surface area contributed by atoms with Gasteiger partial charge in [-0.15, -0.1) is 0 Å². The van der Waals surface area contributed by atoms with E-state index in [-0.39, 0.29) is 5.54 Å². The highest BCUT2D eigenvalue weighted by Gasteiger charge is 2.35. The minimum atomic E-state index is -0.00806. The number of aryl methyl sites for hydroxylation is 1. The monoisotopic (exact) mass is 262 g/mol. The van der Waals surface area contributed by atoms with Crippen LogP contribution in [0.5, 0.6) is 0 Å². The standard InChI is InChI=1S/C16H26N2O/c1-3-5-15-11-16(12-17,8-9-19-15)18-14-7-4-6-13(2)10-14/h4,6-7,10,15,18H,3,5,8-9,11-12,17H2,1-2H3. The molecule has 0 saturated carbocycles. The van der Waals surface area contributed by atoms with Crippen LogP contribution in [0, 0.1) is 6.92 Å². The third-order valence-corrected chi connectivity index (χ3v) is 3.98. The summed E-state index contributed by atoms with van der Waals surface area (Å²) in [5.74, 6) is 0. The van der Waals surface area contributed by atoms with Gasteiger partial charge in [-0.05, 0) is 43.9 Å². The van der Waals surface area contributed by atoms with Crippen molar-refractivity contribution in [1.29, 1.82) is 0 Å². The molecule has 0 radical (unpaired) electrons. The van der Waals surface area contributed by atoms with Gasteiger partial charge in [0.05, 0.1) is 11.6 Å². The molecule has 0 aliphatic carbocycles. The molecule has 2 atom stereocenters. The van der Waals surface area contributed by atoms with E-state index in [4.69, 9.17) is 10.5 Å². The Morgan fingerprint density at radius 3 is 3.00 bits per heavy atom. The zero-order valence-electron chi connectivity index (χ0n) is 12.1. The Kier molecular flexibility index (Phi) is 4.83. The highest BCUT2D eigenvalue weighted by Crippen LogP contribution is 2.30. The van der Waals surface area contributed by atoms with Crippen LogP contribution >= 0.6 is 0 Å². The molecule has 1 fully saturated rings. The van der Waals surface area contributed by atoms with Crippen molar-refractivity contribution in [3.63, 3.8) is 0 Å². The molecule has 1 aromatic rings. The molecule has 3 nitrogen and oxygen atoms in total. The van der Waals surface area contributed by atoms with Crippen molar-refractivity contribution in [2.45, 2.75) is 51.2 Å². The van der Waals surface area contributed by atoms with Gasteiger partial charge < -0.3 is 15.8 Å². The number of hydrogen-bond donors (Lipinski definition) is 2. The maximum Gasteiger partial charge on any atom is 0.0597 e. The van der Waals surface area contributed by atoms with E-state index < -0.39 is 0 Å². The summed E-state index contributed by atoms with van der Waals surface area (Å²) in [6, 6.07) is 8.51. The van der Waals surface area contributed by atoms with Crippen LogP contribution in [-0.4, -0.2) is 24.8 Å². The average molecular weight is 262 g/mol. The average Bonchev–Trinajstić information content (AvgIpc) is 2.39. The molecule has 19 heavy (non-hydrogen) atoms. The summed E-state index contributed by atoms with van der Waals surface area (Å²) in [6.45, 7) is 5.78. The largest absolute Gasteiger partial charge is 0.378 e. The van der Waals surface area contributed by atoms with Gasteiger partial charge in [0.15, 0.2) is 0 Å². The van der Waals surface area contributed by atoms with Crippen LogP contribution in [-0.2, 0) is 4.74 Å². The quantitative estimate of drug-likeness (QED) is 0.857. The van der Waals surface area contributed by atoms with Gasteiger partial charge in [-0.25, -0.2) is 0 Å². The van der Waals surface area contributed by atoms with Crippen molar-refractivity contribution in [2.24, 2.45) is 5.73 Å². The maximum absolute atomic E-state index is 6.06. The molecular formula is C16H26N2O. The van der Waals surface area contributed by atoms with Crippen molar-refractivity contribution in [1.82, 2.24) is 0 Å². The lowest BCUT2D eigenvalue weighted by molar-refractivity contribution is -0.0155. The Balaban J connectivity index is 2.09. The lowest BCUT2D eigenvalue weighted by Gasteiger charge is -2.41. The molecule has 3 heteroatoms. The Morgan fingerprint density at radius 1 is 1.47 bits per heavy atom. The third kappa shape index (κ3) is 3.71. The molecule has 2 rings (SSSR count). The van der Waals surface area contributed by atoms with E-state index in [1.54, 1.807) is 0 Å². The van der Waals surface area contributed by atoms with E-state index in [1.165, 1.54) is 11.3 Å². The van der Waals surface area contributed by atoms with Crippen molar-refractivity contribution < 1.29 is 4.74 Å². The number of nitrogens with one attached hydrogen (secondary N) is 1. The molecule has 2 unspecified atom stereocenters. The van der Waals surface area contributed by atoms with Crippen LogP contribution < -0.4 is 11.1 Å². The summed E-state index contributed by atoms with van der Waals surface area (Å²) in [4.78, 5) is 0. The third-order valence-electron chi connectivity index (χ3n) is 3.98. The van der Waals surface area contributed by atoms with Crippen LogP contribution in [0.2, 0.25) is 0 Å². The molecule has 3 N–H and O–H groups in total. The van der Waals surface area contributed by atoms with Crippen LogP contribution in [0.1, 0.15) is 38.2 Å². The number of rotatable bonds is 5. The zero-order chi connectivity index (χ0) is 13.7. The number of ether oxygens (including phenoxy) is 1. The van der Waals surface area contributed by atoms with Crippen molar-refractivity contribution in [2.75, 3.05) is 18.5 Å². The minimum absolute atomic E-state index is 0.00806. The Bertz CT molecular complexity index is 405. The highest BCUT2D eigenvalue weighted by molar-refractivity contribution is 5.48. The number of hydrogen-bond acceptors (Lipinski definition) is 3. The SMILES string of the molecule is CCCC1CC(CN)(Nc2cccc(C)c2)CCO1. The first-order valence-corrected chi connectivity index (χ1v) is 7.34. The summed E-state index contributed by atoms with van der Waals surface area (Å²) < 4.78 is 5.84. The summed E-state index contributed by atoms with van der Waals surface area (Å²) in [7, 11) is 0. The summed E-state index contributed by atoms with van der Waals surface area (Å²) >= 11 is 0. The molecule has 1 saturated heterocycles. The second kappa shape index (κ2) is 6.40. The maximum atomic E-state index is 6.06. The van der Waals surface area contributed by atoms with Gasteiger partial charge in [0, 0.05) is 18.8 Å². The van der Waals surface area contributed by atoms with E-state index in [2.05, 4.69) is 43.4 Å². The van der Waals surface area contributed by atoms with E-state index >= 15 is 0 Å². The fourth-order valence-corrected chi connectivity index (χ4v) is 2.90. The fraction of sp³-hybridized carbons (Fsp3) is 0.625. The lowest BCUT2D eigenvalue weighted by Crippen LogP contribution is -2.52. The topological polar surface area (TPSA) is 47.3 Å². The van der Waals surface area contributed by atoms with Crippen molar-refractivity contribution >= 4 is 5.69 Å². The van der Waals surface area contributed by atoms with Crippen LogP contribution in [0.4, 0.5) is 5.69 Å². The molecule has 1 aliphatic rings. The molecule has 106 valence electrons. The first kappa shape index (κ1) is 14.4. The van der Waals surface area contributed by atoms with Gasteiger partial charge in [-0.2, -0.15) is 0 Å². The smallest absolute Gasteiger partial charge is 0.0597 e. The van der Waals surface area contributed by atoms with Crippen LogP contribution in [0.3, 0.4) is 0 Å². The molecule has 1 aromatic carbocycles. The number of benzene rings is 1. The summed E-state index contributed by atoms with van der Waals surface area (Å²) in [5.41, 5.74) is 8.50. The van der Waals surface area contributed by atoms with Crippen molar-refractivity contribution in [3.05, 3.63) is 29.8 Å². The zero-order valence-corrected chi connectivity index (χ0v) is 12.1. The fourth-order valence-electron chi connectivity index (χ4n) is 2.90.